The van der Waals surface area contributed by atoms with Crippen LogP contribution in [0.4, 0.5) is 0 Å². The number of nitrogens with zero attached hydrogens (tertiary/aromatic N) is 4. The molecule has 3 aromatic heterocycles. The molecule has 4 rings (SSSR count). The molecule has 6 nitrogen and oxygen atoms in total. The highest BCUT2D eigenvalue weighted by Crippen LogP contribution is 2.20. The number of aromatic nitrogens is 4. The van der Waals surface area contributed by atoms with Gasteiger partial charge in [-0.3, -0.25) is 13.9 Å². The Morgan fingerprint density at radius 1 is 1.04 bits per heavy atom. The lowest BCUT2D eigenvalue weighted by atomic mass is 10.1. The summed E-state index contributed by atoms with van der Waals surface area (Å²) in [6.07, 6.45) is 7.27. The zero-order valence-electron chi connectivity index (χ0n) is 14.6. The van der Waals surface area contributed by atoms with Gasteiger partial charge in [0.2, 0.25) is 0 Å². The van der Waals surface area contributed by atoms with Crippen molar-refractivity contribution in [1.29, 1.82) is 0 Å². The van der Waals surface area contributed by atoms with Gasteiger partial charge in [-0.2, -0.15) is 5.10 Å². The maximum absolute atomic E-state index is 12.8. The van der Waals surface area contributed by atoms with Crippen LogP contribution >= 0.6 is 0 Å². The first kappa shape index (κ1) is 16.1. The molecule has 0 bridgehead atoms. The van der Waals surface area contributed by atoms with Crippen molar-refractivity contribution in [2.45, 2.75) is 13.0 Å². The number of aryl methyl sites for hydroxylation is 1. The summed E-state index contributed by atoms with van der Waals surface area (Å²) < 4.78 is 3.57. The largest absolute Gasteiger partial charge is 0.344 e. The fourth-order valence-electron chi connectivity index (χ4n) is 2.99. The first-order chi connectivity index (χ1) is 12.6. The summed E-state index contributed by atoms with van der Waals surface area (Å²) in [5, 5.41) is 7.24. The van der Waals surface area contributed by atoms with E-state index in [4.69, 9.17) is 0 Å². The van der Waals surface area contributed by atoms with Gasteiger partial charge in [-0.15, -0.1) is 0 Å². The molecule has 130 valence electrons. The first-order valence-electron chi connectivity index (χ1n) is 8.44. The highest BCUT2D eigenvalue weighted by Gasteiger charge is 2.16. The Hall–Kier alpha value is -3.41. The number of rotatable bonds is 4. The van der Waals surface area contributed by atoms with Crippen LogP contribution in [0.3, 0.4) is 0 Å². The Kier molecular flexibility index (Phi) is 4.01. The molecule has 1 N–H and O–H groups in total. The first-order valence-corrected chi connectivity index (χ1v) is 8.44. The molecular formula is C20H19N5O. The number of carbonyl (C=O) groups is 1. The van der Waals surface area contributed by atoms with Crippen LogP contribution in [0.15, 0.2) is 67.3 Å². The fraction of sp³-hybridized carbons (Fsp3) is 0.150. The van der Waals surface area contributed by atoms with Crippen LogP contribution < -0.4 is 5.32 Å². The van der Waals surface area contributed by atoms with Gasteiger partial charge in [0, 0.05) is 30.6 Å². The van der Waals surface area contributed by atoms with Gasteiger partial charge in [0.25, 0.3) is 5.91 Å². The molecule has 1 amide bonds. The Balaban J connectivity index is 1.64. The molecule has 0 unspecified atom stereocenters. The number of pyridine rings is 1. The summed E-state index contributed by atoms with van der Waals surface area (Å²) in [6, 6.07) is 13.7. The zero-order valence-corrected chi connectivity index (χ0v) is 14.6. The van der Waals surface area contributed by atoms with Crippen LogP contribution in [0.25, 0.3) is 16.8 Å². The summed E-state index contributed by atoms with van der Waals surface area (Å²) in [5.74, 6) is -0.155. The number of nitrogens with one attached hydrogen (secondary N) is 1. The molecule has 1 aromatic carbocycles. The third-order valence-corrected chi connectivity index (χ3v) is 4.42. The molecule has 0 spiro atoms. The summed E-state index contributed by atoms with van der Waals surface area (Å²) >= 11 is 0. The minimum absolute atomic E-state index is 0.0873. The summed E-state index contributed by atoms with van der Waals surface area (Å²) in [5.41, 5.74) is 4.27. The third kappa shape index (κ3) is 2.97. The molecule has 6 heteroatoms. The van der Waals surface area contributed by atoms with E-state index in [1.807, 2.05) is 73.2 Å². The van der Waals surface area contributed by atoms with Crippen LogP contribution in [0.5, 0.6) is 0 Å². The smallest absolute Gasteiger partial charge is 0.270 e. The van der Waals surface area contributed by atoms with Gasteiger partial charge < -0.3 is 5.32 Å². The van der Waals surface area contributed by atoms with E-state index in [2.05, 4.69) is 15.4 Å². The lowest BCUT2D eigenvalue weighted by molar-refractivity contribution is 0.0934. The van der Waals surface area contributed by atoms with Crippen LogP contribution in [0.2, 0.25) is 0 Å². The number of fused-ring (bicyclic) bond motifs is 1. The van der Waals surface area contributed by atoms with Gasteiger partial charge >= 0.3 is 0 Å². The van der Waals surface area contributed by atoms with Crippen molar-refractivity contribution in [3.05, 3.63) is 78.5 Å². The molecule has 0 saturated carbocycles. The van der Waals surface area contributed by atoms with Gasteiger partial charge in [0.15, 0.2) is 0 Å². The van der Waals surface area contributed by atoms with E-state index in [1.54, 1.807) is 17.1 Å². The molecular weight excluding hydrogens is 326 g/mol. The maximum atomic E-state index is 12.8. The van der Waals surface area contributed by atoms with Gasteiger partial charge in [-0.1, -0.05) is 30.3 Å². The summed E-state index contributed by atoms with van der Waals surface area (Å²) in [4.78, 5) is 17.1. The van der Waals surface area contributed by atoms with Crippen LogP contribution in [0.1, 0.15) is 29.0 Å². The molecule has 1 atom stereocenters. The molecule has 3 heterocycles. The van der Waals surface area contributed by atoms with E-state index in [1.165, 1.54) is 0 Å². The van der Waals surface area contributed by atoms with Gasteiger partial charge in [-0.05, 0) is 24.6 Å². The topological polar surface area (TPSA) is 64.2 Å². The predicted octanol–water partition coefficient (Wildman–Crippen LogP) is 3.23. The standard InChI is InChI=1S/C20H19N5O/c1-14(15-6-4-3-5-7-15)23-20(26)18-11-21-19-9-8-16(13-25(18)19)17-10-22-24(2)12-17/h3-14H,1-2H3,(H,23,26)/t14-/m1/s1. The number of amides is 1. The average Bonchev–Trinajstić information content (AvgIpc) is 3.28. The molecule has 26 heavy (non-hydrogen) atoms. The van der Waals surface area contributed by atoms with Crippen LogP contribution in [0, 0.1) is 0 Å². The van der Waals surface area contributed by atoms with Crippen molar-refractivity contribution >= 4 is 11.6 Å². The molecule has 4 aromatic rings. The molecule has 0 aliphatic carbocycles. The van der Waals surface area contributed by atoms with E-state index >= 15 is 0 Å². The minimum Gasteiger partial charge on any atom is -0.344 e. The number of hydrogen-bond acceptors (Lipinski definition) is 3. The molecule has 0 saturated heterocycles. The second-order valence-electron chi connectivity index (χ2n) is 6.30. The quantitative estimate of drug-likeness (QED) is 0.618. The van der Waals surface area contributed by atoms with Crippen molar-refractivity contribution < 1.29 is 4.79 Å². The van der Waals surface area contributed by atoms with Gasteiger partial charge in [-0.25, -0.2) is 4.98 Å². The number of carbonyl (C=O) groups excluding carboxylic acids is 1. The van der Waals surface area contributed by atoms with E-state index in [-0.39, 0.29) is 11.9 Å². The summed E-state index contributed by atoms with van der Waals surface area (Å²) in [7, 11) is 1.88. The highest BCUT2D eigenvalue weighted by atomic mass is 16.2. The van der Waals surface area contributed by atoms with Gasteiger partial charge in [0.1, 0.15) is 11.3 Å². The van der Waals surface area contributed by atoms with E-state index in [0.717, 1.165) is 22.3 Å². The van der Waals surface area contributed by atoms with Crippen molar-refractivity contribution in [2.24, 2.45) is 7.05 Å². The van der Waals surface area contributed by atoms with Crippen molar-refractivity contribution in [3.8, 4) is 11.1 Å². The van der Waals surface area contributed by atoms with Crippen molar-refractivity contribution in [3.63, 3.8) is 0 Å². The number of hydrogen-bond donors (Lipinski definition) is 1. The Labute approximate surface area is 151 Å². The van der Waals surface area contributed by atoms with Crippen LogP contribution in [-0.4, -0.2) is 25.1 Å². The monoisotopic (exact) mass is 345 g/mol. The van der Waals surface area contributed by atoms with Crippen molar-refractivity contribution in [2.75, 3.05) is 0 Å². The molecule has 0 aliphatic rings. The Morgan fingerprint density at radius 3 is 2.58 bits per heavy atom. The summed E-state index contributed by atoms with van der Waals surface area (Å²) in [6.45, 7) is 1.97. The lowest BCUT2D eigenvalue weighted by Gasteiger charge is -2.14. The van der Waals surface area contributed by atoms with E-state index in [0.29, 0.717) is 5.69 Å². The Morgan fingerprint density at radius 2 is 1.85 bits per heavy atom. The normalized spacial score (nSPS) is 12.2. The Bertz CT molecular complexity index is 1060. The van der Waals surface area contributed by atoms with Gasteiger partial charge in [0.05, 0.1) is 18.4 Å². The predicted molar refractivity (Wildman–Crippen MR) is 99.7 cm³/mol. The third-order valence-electron chi connectivity index (χ3n) is 4.42. The van der Waals surface area contributed by atoms with Crippen LogP contribution in [-0.2, 0) is 7.05 Å². The minimum atomic E-state index is -0.155. The molecule has 0 radical (unpaired) electrons. The second-order valence-corrected chi connectivity index (χ2v) is 6.30. The SMILES string of the molecule is C[C@@H](NC(=O)c1cnc2ccc(-c3cnn(C)c3)cn12)c1ccccc1. The van der Waals surface area contributed by atoms with E-state index < -0.39 is 0 Å². The molecule has 0 aliphatic heterocycles. The average molecular weight is 345 g/mol. The van der Waals surface area contributed by atoms with Crippen molar-refractivity contribution in [1.82, 2.24) is 24.5 Å². The second kappa shape index (κ2) is 6.48. The lowest BCUT2D eigenvalue weighted by Crippen LogP contribution is -2.27. The fourth-order valence-corrected chi connectivity index (χ4v) is 2.99. The number of imidazole rings is 1. The zero-order chi connectivity index (χ0) is 18.1. The maximum Gasteiger partial charge on any atom is 0.270 e. The van der Waals surface area contributed by atoms with E-state index in [9.17, 15) is 4.79 Å². The number of benzene rings is 1. The molecule has 0 fully saturated rings. The highest BCUT2D eigenvalue weighted by molar-refractivity contribution is 5.93.